The predicted molar refractivity (Wildman–Crippen MR) is 77.9 cm³/mol. The fourth-order valence-corrected chi connectivity index (χ4v) is 1.83. The molecule has 0 radical (unpaired) electrons. The summed E-state index contributed by atoms with van der Waals surface area (Å²) >= 11 is 0. The average Bonchev–Trinajstić information content (AvgIpc) is 2.48. The Kier molecular flexibility index (Phi) is 4.49. The van der Waals surface area contributed by atoms with Crippen molar-refractivity contribution in [3.63, 3.8) is 0 Å². The van der Waals surface area contributed by atoms with Crippen molar-refractivity contribution in [1.29, 1.82) is 0 Å². The molecule has 94 valence electrons. The Morgan fingerprint density at radius 2 is 1.63 bits per heavy atom. The van der Waals surface area contributed by atoms with Crippen molar-refractivity contribution >= 4 is 5.78 Å². The monoisotopic (exact) mass is 249 g/mol. The Labute approximate surface area is 113 Å². The van der Waals surface area contributed by atoms with Crippen LogP contribution in [0.2, 0.25) is 0 Å². The molecular weight excluding hydrogens is 234 g/mol. The first-order valence-corrected chi connectivity index (χ1v) is 6.14. The molecule has 2 aromatic carbocycles. The van der Waals surface area contributed by atoms with E-state index in [0.29, 0.717) is 12.1 Å². The topological polar surface area (TPSA) is 29.1 Å². The summed E-state index contributed by atoms with van der Waals surface area (Å²) in [5, 5.41) is 2.89. The predicted octanol–water partition coefficient (Wildman–Crippen LogP) is 2.76. The van der Waals surface area contributed by atoms with E-state index in [0.717, 1.165) is 11.1 Å². The number of hydrogen-bond donors (Lipinski definition) is 1. The van der Waals surface area contributed by atoms with Crippen molar-refractivity contribution in [3.05, 3.63) is 60.2 Å². The molecule has 0 heterocycles. The maximum atomic E-state index is 11.8. The molecular formula is C17H15NO. The van der Waals surface area contributed by atoms with Crippen LogP contribution < -0.4 is 5.32 Å². The van der Waals surface area contributed by atoms with Crippen LogP contribution in [0.3, 0.4) is 0 Å². The average molecular weight is 249 g/mol. The van der Waals surface area contributed by atoms with Gasteiger partial charge in [0.05, 0.1) is 13.1 Å². The van der Waals surface area contributed by atoms with Crippen LogP contribution in [0.5, 0.6) is 0 Å². The number of hydrogen-bond acceptors (Lipinski definition) is 2. The highest BCUT2D eigenvalue weighted by atomic mass is 16.1. The van der Waals surface area contributed by atoms with Gasteiger partial charge in [0.1, 0.15) is 0 Å². The van der Waals surface area contributed by atoms with Crippen molar-refractivity contribution in [1.82, 2.24) is 5.32 Å². The molecule has 2 aromatic rings. The van der Waals surface area contributed by atoms with Crippen LogP contribution in [-0.2, 0) is 0 Å². The van der Waals surface area contributed by atoms with E-state index in [9.17, 15) is 4.79 Å². The van der Waals surface area contributed by atoms with Gasteiger partial charge in [0.15, 0.2) is 5.78 Å². The van der Waals surface area contributed by atoms with Crippen LogP contribution in [0.15, 0.2) is 54.6 Å². The zero-order chi connectivity index (χ0) is 13.5. The summed E-state index contributed by atoms with van der Waals surface area (Å²) in [5.41, 5.74) is 2.95. The maximum Gasteiger partial charge on any atom is 0.176 e. The second-order valence-electron chi connectivity index (χ2n) is 4.17. The molecule has 0 saturated heterocycles. The van der Waals surface area contributed by atoms with Crippen LogP contribution in [-0.4, -0.2) is 18.9 Å². The number of Topliss-reactive ketones (excluding diaryl/α,β-unsaturated/α-hetero) is 1. The molecule has 2 rings (SSSR count). The number of terminal acetylenes is 1. The fourth-order valence-electron chi connectivity index (χ4n) is 1.83. The van der Waals surface area contributed by atoms with Gasteiger partial charge in [0.2, 0.25) is 0 Å². The Hall–Kier alpha value is -2.37. The smallest absolute Gasteiger partial charge is 0.176 e. The minimum atomic E-state index is 0.0508. The highest BCUT2D eigenvalue weighted by Crippen LogP contribution is 2.19. The lowest BCUT2D eigenvalue weighted by Crippen LogP contribution is -2.23. The molecule has 2 nitrogen and oxygen atoms in total. The van der Waals surface area contributed by atoms with E-state index in [1.807, 2.05) is 54.6 Å². The van der Waals surface area contributed by atoms with Gasteiger partial charge < -0.3 is 0 Å². The zero-order valence-electron chi connectivity index (χ0n) is 10.6. The van der Waals surface area contributed by atoms with Crippen LogP contribution in [0.1, 0.15) is 10.4 Å². The number of nitrogens with one attached hydrogen (secondary N) is 1. The van der Waals surface area contributed by atoms with Gasteiger partial charge in [-0.25, -0.2) is 0 Å². The molecule has 0 aliphatic carbocycles. The molecule has 0 amide bonds. The van der Waals surface area contributed by atoms with Gasteiger partial charge in [-0.1, -0.05) is 60.5 Å². The lowest BCUT2D eigenvalue weighted by molar-refractivity contribution is 0.0992. The largest absolute Gasteiger partial charge is 0.299 e. The van der Waals surface area contributed by atoms with Crippen molar-refractivity contribution in [2.24, 2.45) is 0 Å². The van der Waals surface area contributed by atoms with Gasteiger partial charge in [-0.05, 0) is 11.1 Å². The highest BCUT2D eigenvalue weighted by molar-refractivity contribution is 5.98. The molecule has 2 heteroatoms. The van der Waals surface area contributed by atoms with Gasteiger partial charge >= 0.3 is 0 Å². The van der Waals surface area contributed by atoms with Gasteiger partial charge in [-0.2, -0.15) is 0 Å². The number of carbonyl (C=O) groups excluding carboxylic acids is 1. The van der Waals surface area contributed by atoms with E-state index in [-0.39, 0.29) is 12.3 Å². The Morgan fingerprint density at radius 3 is 2.26 bits per heavy atom. The highest BCUT2D eigenvalue weighted by Gasteiger charge is 2.05. The first-order chi connectivity index (χ1) is 9.31. The third-order valence-corrected chi connectivity index (χ3v) is 2.83. The number of ketones is 1. The Bertz CT molecular complexity index is 579. The van der Waals surface area contributed by atoms with E-state index >= 15 is 0 Å². The van der Waals surface area contributed by atoms with Crippen molar-refractivity contribution < 1.29 is 4.79 Å². The third kappa shape index (κ3) is 3.54. The molecule has 0 aliphatic heterocycles. The molecule has 0 fully saturated rings. The fraction of sp³-hybridized carbons (Fsp3) is 0.118. The molecule has 19 heavy (non-hydrogen) atoms. The van der Waals surface area contributed by atoms with Crippen molar-refractivity contribution in [2.45, 2.75) is 0 Å². The summed E-state index contributed by atoms with van der Waals surface area (Å²) < 4.78 is 0. The third-order valence-electron chi connectivity index (χ3n) is 2.83. The number of carbonyl (C=O) groups is 1. The second-order valence-corrected chi connectivity index (χ2v) is 4.17. The van der Waals surface area contributed by atoms with Crippen LogP contribution >= 0.6 is 0 Å². The first-order valence-electron chi connectivity index (χ1n) is 6.14. The maximum absolute atomic E-state index is 11.8. The molecule has 0 atom stereocenters. The van der Waals surface area contributed by atoms with Crippen molar-refractivity contribution in [3.8, 4) is 23.5 Å². The normalized spacial score (nSPS) is 9.84. The first kappa shape index (κ1) is 13.1. The van der Waals surface area contributed by atoms with Gasteiger partial charge in [-0.15, -0.1) is 6.42 Å². The van der Waals surface area contributed by atoms with E-state index in [4.69, 9.17) is 6.42 Å². The minimum absolute atomic E-state index is 0.0508. The quantitative estimate of drug-likeness (QED) is 0.501. The summed E-state index contributed by atoms with van der Waals surface area (Å²) in [4.78, 5) is 11.8. The summed E-state index contributed by atoms with van der Waals surface area (Å²) in [6, 6.07) is 17.7. The van der Waals surface area contributed by atoms with Crippen LogP contribution in [0, 0.1) is 12.3 Å². The molecule has 0 bridgehead atoms. The number of benzene rings is 2. The standard InChI is InChI=1S/C17H15NO/c1-2-12-18-13-17(19)16-10-8-15(9-11-16)14-6-4-3-5-7-14/h1,3-11,18H,12-13H2. The molecule has 1 N–H and O–H groups in total. The SMILES string of the molecule is C#CCNCC(=O)c1ccc(-c2ccccc2)cc1. The molecule has 0 saturated carbocycles. The lowest BCUT2D eigenvalue weighted by Gasteiger charge is -2.04. The van der Waals surface area contributed by atoms with Crippen LogP contribution in [0.4, 0.5) is 0 Å². The van der Waals surface area contributed by atoms with E-state index in [2.05, 4.69) is 11.2 Å². The second kappa shape index (κ2) is 6.53. The van der Waals surface area contributed by atoms with E-state index in [1.165, 1.54) is 0 Å². The minimum Gasteiger partial charge on any atom is -0.299 e. The summed E-state index contributed by atoms with van der Waals surface area (Å²) in [5.74, 6) is 2.49. The van der Waals surface area contributed by atoms with Crippen molar-refractivity contribution in [2.75, 3.05) is 13.1 Å². The molecule has 0 aromatic heterocycles. The molecule has 0 aliphatic rings. The van der Waals surface area contributed by atoms with E-state index in [1.54, 1.807) is 0 Å². The number of rotatable bonds is 5. The summed E-state index contributed by atoms with van der Waals surface area (Å²) in [6.45, 7) is 0.683. The summed E-state index contributed by atoms with van der Waals surface area (Å²) in [7, 11) is 0. The Morgan fingerprint density at radius 1 is 1.00 bits per heavy atom. The van der Waals surface area contributed by atoms with Gasteiger partial charge in [-0.3, -0.25) is 10.1 Å². The van der Waals surface area contributed by atoms with E-state index < -0.39 is 0 Å². The lowest BCUT2D eigenvalue weighted by atomic mass is 10.0. The zero-order valence-corrected chi connectivity index (χ0v) is 10.6. The summed E-state index contributed by atoms with van der Waals surface area (Å²) in [6.07, 6.45) is 5.11. The van der Waals surface area contributed by atoms with Gasteiger partial charge in [0.25, 0.3) is 0 Å². The van der Waals surface area contributed by atoms with Crippen LogP contribution in [0.25, 0.3) is 11.1 Å². The Balaban J connectivity index is 2.07. The molecule has 0 spiro atoms. The molecule has 0 unspecified atom stereocenters. The van der Waals surface area contributed by atoms with Gasteiger partial charge in [0, 0.05) is 5.56 Å².